The molecule has 1 heterocycles. The van der Waals surface area contributed by atoms with Gasteiger partial charge in [-0.15, -0.1) is 0 Å². The number of aromatic nitrogens is 2. The van der Waals surface area contributed by atoms with Gasteiger partial charge in [0.15, 0.2) is 0 Å². The van der Waals surface area contributed by atoms with Crippen molar-refractivity contribution in [3.8, 4) is 0 Å². The number of hydrogen-bond donors (Lipinski definition) is 1. The minimum absolute atomic E-state index is 0.578. The smallest absolute Gasteiger partial charge is 0.134 e. The summed E-state index contributed by atoms with van der Waals surface area (Å²) in [6.45, 7) is 2.05. The van der Waals surface area contributed by atoms with Gasteiger partial charge in [0.25, 0.3) is 0 Å². The van der Waals surface area contributed by atoms with Crippen molar-refractivity contribution in [3.63, 3.8) is 0 Å². The molecule has 4 heteroatoms. The van der Waals surface area contributed by atoms with E-state index in [0.29, 0.717) is 11.9 Å². The molecule has 1 aliphatic rings. The average molecular weight is 234 g/mol. The van der Waals surface area contributed by atoms with Crippen molar-refractivity contribution in [2.45, 2.75) is 51.5 Å². The molecule has 1 saturated carbocycles. The van der Waals surface area contributed by atoms with Crippen molar-refractivity contribution in [1.82, 2.24) is 9.97 Å². The minimum atomic E-state index is 0.578. The summed E-state index contributed by atoms with van der Waals surface area (Å²) in [6, 6.07) is 2.50. The monoisotopic (exact) mass is 234 g/mol. The van der Waals surface area contributed by atoms with Gasteiger partial charge in [0.2, 0.25) is 0 Å². The second-order valence-electron chi connectivity index (χ2n) is 4.82. The fraction of sp³-hybridized carbons (Fsp3) is 0.692. The number of hydrogen-bond acceptors (Lipinski definition) is 4. The van der Waals surface area contributed by atoms with Gasteiger partial charge in [-0.05, 0) is 12.8 Å². The first kappa shape index (κ1) is 12.1. The molecule has 0 aromatic carbocycles. The Bertz CT molecular complexity index is 372. The molecule has 1 aromatic rings. The highest BCUT2D eigenvalue weighted by Crippen LogP contribution is 2.25. The topological polar surface area (TPSA) is 55.0 Å². The molecular weight excluding hydrogens is 212 g/mol. The molecule has 0 radical (unpaired) electrons. The van der Waals surface area contributed by atoms with E-state index in [1.165, 1.54) is 32.1 Å². The van der Waals surface area contributed by atoms with Gasteiger partial charge in [-0.2, -0.15) is 0 Å². The largest absolute Gasteiger partial charge is 0.384 e. The van der Waals surface area contributed by atoms with Crippen LogP contribution in [0, 0.1) is 0 Å². The van der Waals surface area contributed by atoms with E-state index in [4.69, 9.17) is 5.73 Å². The van der Waals surface area contributed by atoms with Gasteiger partial charge in [-0.1, -0.05) is 26.2 Å². The normalized spacial score (nSPS) is 17.1. The zero-order valence-corrected chi connectivity index (χ0v) is 10.8. The molecular formula is C13H22N4. The predicted octanol–water partition coefficient (Wildman–Crippen LogP) is 2.39. The van der Waals surface area contributed by atoms with Crippen LogP contribution >= 0.6 is 0 Å². The molecule has 0 atom stereocenters. The Morgan fingerprint density at radius 3 is 2.65 bits per heavy atom. The lowest BCUT2D eigenvalue weighted by Gasteiger charge is -2.32. The van der Waals surface area contributed by atoms with Gasteiger partial charge in [0.1, 0.15) is 17.5 Å². The van der Waals surface area contributed by atoms with Crippen LogP contribution in [0.2, 0.25) is 0 Å². The van der Waals surface area contributed by atoms with Crippen LogP contribution in [0.5, 0.6) is 0 Å². The molecule has 0 unspecified atom stereocenters. The van der Waals surface area contributed by atoms with Crippen LogP contribution < -0.4 is 10.6 Å². The Morgan fingerprint density at radius 2 is 2.00 bits per heavy atom. The summed E-state index contributed by atoms with van der Waals surface area (Å²) in [6.07, 6.45) is 7.39. The molecule has 1 fully saturated rings. The summed E-state index contributed by atoms with van der Waals surface area (Å²) in [5.74, 6) is 2.39. The fourth-order valence-electron chi connectivity index (χ4n) is 2.50. The van der Waals surface area contributed by atoms with Crippen molar-refractivity contribution in [1.29, 1.82) is 0 Å². The van der Waals surface area contributed by atoms with Gasteiger partial charge in [0, 0.05) is 25.6 Å². The van der Waals surface area contributed by atoms with Crippen LogP contribution in [0.3, 0.4) is 0 Å². The van der Waals surface area contributed by atoms with E-state index in [-0.39, 0.29) is 0 Å². The summed E-state index contributed by atoms with van der Waals surface area (Å²) in [5.41, 5.74) is 5.82. The predicted molar refractivity (Wildman–Crippen MR) is 71.1 cm³/mol. The second kappa shape index (κ2) is 5.34. The van der Waals surface area contributed by atoms with Crippen molar-refractivity contribution in [2.75, 3.05) is 17.7 Å². The highest BCUT2D eigenvalue weighted by atomic mass is 15.2. The lowest BCUT2D eigenvalue weighted by molar-refractivity contribution is 0.425. The maximum atomic E-state index is 5.82. The first-order valence-corrected chi connectivity index (χ1v) is 6.57. The van der Waals surface area contributed by atoms with E-state index in [9.17, 15) is 0 Å². The number of nitrogen functional groups attached to an aromatic ring is 1. The number of rotatable bonds is 3. The van der Waals surface area contributed by atoms with E-state index in [0.717, 1.165) is 18.1 Å². The van der Waals surface area contributed by atoms with Crippen LogP contribution in [-0.2, 0) is 6.42 Å². The molecule has 17 heavy (non-hydrogen) atoms. The van der Waals surface area contributed by atoms with Crippen molar-refractivity contribution < 1.29 is 0 Å². The van der Waals surface area contributed by atoms with E-state index in [1.807, 2.05) is 6.07 Å². The summed E-state index contributed by atoms with van der Waals surface area (Å²) < 4.78 is 0. The standard InChI is InChI=1S/C13H22N4/c1-3-12-15-11(14)9-13(16-12)17(2)10-7-5-4-6-8-10/h9-10H,3-8H2,1-2H3,(H2,14,15,16). The number of aryl methyl sites for hydroxylation is 1. The Kier molecular flexibility index (Phi) is 3.82. The Hall–Kier alpha value is -1.32. The molecule has 4 nitrogen and oxygen atoms in total. The van der Waals surface area contributed by atoms with Crippen molar-refractivity contribution in [2.24, 2.45) is 0 Å². The lowest BCUT2D eigenvalue weighted by atomic mass is 9.94. The van der Waals surface area contributed by atoms with Crippen molar-refractivity contribution >= 4 is 11.6 Å². The minimum Gasteiger partial charge on any atom is -0.384 e. The molecule has 0 amide bonds. The molecule has 1 aromatic heterocycles. The maximum Gasteiger partial charge on any atom is 0.134 e. The third-order valence-electron chi connectivity index (χ3n) is 3.58. The van der Waals surface area contributed by atoms with Gasteiger partial charge >= 0.3 is 0 Å². The quantitative estimate of drug-likeness (QED) is 0.872. The summed E-state index contributed by atoms with van der Waals surface area (Å²) >= 11 is 0. The highest BCUT2D eigenvalue weighted by molar-refractivity contribution is 5.47. The lowest BCUT2D eigenvalue weighted by Crippen LogP contribution is -2.34. The maximum absolute atomic E-state index is 5.82. The zero-order chi connectivity index (χ0) is 12.3. The van der Waals surface area contributed by atoms with E-state index >= 15 is 0 Å². The van der Waals surface area contributed by atoms with E-state index < -0.39 is 0 Å². The molecule has 0 aliphatic heterocycles. The SMILES string of the molecule is CCc1nc(N)cc(N(C)C2CCCCC2)n1. The molecule has 2 N–H and O–H groups in total. The summed E-state index contributed by atoms with van der Waals surface area (Å²) in [7, 11) is 2.12. The molecule has 2 rings (SSSR count). The molecule has 0 bridgehead atoms. The van der Waals surface area contributed by atoms with E-state index in [1.54, 1.807) is 0 Å². The van der Waals surface area contributed by atoms with Gasteiger partial charge < -0.3 is 10.6 Å². The average Bonchev–Trinajstić information content (AvgIpc) is 2.38. The second-order valence-corrected chi connectivity index (χ2v) is 4.82. The number of anilines is 2. The van der Waals surface area contributed by atoms with Gasteiger partial charge in [0.05, 0.1) is 0 Å². The fourth-order valence-corrected chi connectivity index (χ4v) is 2.50. The summed E-state index contributed by atoms with van der Waals surface area (Å²) in [4.78, 5) is 11.1. The molecule has 0 saturated heterocycles. The zero-order valence-electron chi connectivity index (χ0n) is 10.8. The van der Waals surface area contributed by atoms with Crippen LogP contribution in [0.4, 0.5) is 11.6 Å². The van der Waals surface area contributed by atoms with Crippen LogP contribution in [0.15, 0.2) is 6.07 Å². The van der Waals surface area contributed by atoms with Crippen LogP contribution in [-0.4, -0.2) is 23.1 Å². The highest BCUT2D eigenvalue weighted by Gasteiger charge is 2.19. The summed E-state index contributed by atoms with van der Waals surface area (Å²) in [5, 5.41) is 0. The molecule has 0 spiro atoms. The first-order valence-electron chi connectivity index (χ1n) is 6.57. The Balaban J connectivity index is 2.17. The Morgan fingerprint density at radius 1 is 1.29 bits per heavy atom. The first-order chi connectivity index (χ1) is 8.20. The van der Waals surface area contributed by atoms with Crippen LogP contribution in [0.1, 0.15) is 44.9 Å². The molecule has 94 valence electrons. The number of nitrogens with two attached hydrogens (primary N) is 1. The van der Waals surface area contributed by atoms with Gasteiger partial charge in [-0.3, -0.25) is 0 Å². The van der Waals surface area contributed by atoms with Gasteiger partial charge in [-0.25, -0.2) is 9.97 Å². The van der Waals surface area contributed by atoms with E-state index in [2.05, 4.69) is 28.8 Å². The third kappa shape index (κ3) is 2.87. The molecule has 1 aliphatic carbocycles. The third-order valence-corrected chi connectivity index (χ3v) is 3.58. The van der Waals surface area contributed by atoms with Crippen molar-refractivity contribution in [3.05, 3.63) is 11.9 Å². The number of nitrogens with zero attached hydrogens (tertiary/aromatic N) is 3. The van der Waals surface area contributed by atoms with Crippen LogP contribution in [0.25, 0.3) is 0 Å². The Labute approximate surface area is 103 Å².